The summed E-state index contributed by atoms with van der Waals surface area (Å²) in [5.41, 5.74) is 3.59. The molecule has 0 saturated heterocycles. The highest BCUT2D eigenvalue weighted by atomic mass is 16.3. The SMILES string of the molecule is CN(C)c1cccc2c1C(O)CC2. The first-order valence-electron chi connectivity index (χ1n) is 4.67. The number of hydrogen-bond acceptors (Lipinski definition) is 2. The fourth-order valence-corrected chi connectivity index (χ4v) is 2.03. The molecule has 0 spiro atoms. The fraction of sp³-hybridized carbons (Fsp3) is 0.455. The minimum Gasteiger partial charge on any atom is -0.388 e. The minimum atomic E-state index is -0.256. The van der Waals surface area contributed by atoms with Gasteiger partial charge in [-0.25, -0.2) is 0 Å². The molecule has 13 heavy (non-hydrogen) atoms. The molecule has 70 valence electrons. The Kier molecular flexibility index (Phi) is 2.00. The molecule has 1 atom stereocenters. The van der Waals surface area contributed by atoms with Crippen LogP contribution in [-0.4, -0.2) is 19.2 Å². The van der Waals surface area contributed by atoms with Gasteiger partial charge >= 0.3 is 0 Å². The zero-order chi connectivity index (χ0) is 9.42. The Hall–Kier alpha value is -1.02. The molecule has 2 heteroatoms. The molecule has 0 radical (unpaired) electrons. The van der Waals surface area contributed by atoms with Gasteiger partial charge in [-0.1, -0.05) is 12.1 Å². The van der Waals surface area contributed by atoms with Gasteiger partial charge in [0.15, 0.2) is 0 Å². The van der Waals surface area contributed by atoms with Gasteiger partial charge in [0.1, 0.15) is 0 Å². The number of benzene rings is 1. The first kappa shape index (κ1) is 8.57. The largest absolute Gasteiger partial charge is 0.388 e. The second-order valence-corrected chi connectivity index (χ2v) is 3.80. The number of rotatable bonds is 1. The van der Waals surface area contributed by atoms with E-state index in [2.05, 4.69) is 23.1 Å². The summed E-state index contributed by atoms with van der Waals surface area (Å²) >= 11 is 0. The molecular weight excluding hydrogens is 162 g/mol. The van der Waals surface area contributed by atoms with Crippen LogP contribution in [0.15, 0.2) is 18.2 Å². The van der Waals surface area contributed by atoms with Gasteiger partial charge in [-0.3, -0.25) is 0 Å². The average Bonchev–Trinajstić information content (AvgIpc) is 2.48. The van der Waals surface area contributed by atoms with Gasteiger partial charge in [-0.05, 0) is 24.5 Å². The number of hydrogen-bond donors (Lipinski definition) is 1. The van der Waals surface area contributed by atoms with E-state index in [1.807, 2.05) is 14.1 Å². The van der Waals surface area contributed by atoms with Crippen LogP contribution in [0.3, 0.4) is 0 Å². The number of aliphatic hydroxyl groups excluding tert-OH is 1. The zero-order valence-electron chi connectivity index (χ0n) is 8.12. The smallest absolute Gasteiger partial charge is 0.0816 e. The van der Waals surface area contributed by atoms with Crippen LogP contribution in [0.4, 0.5) is 5.69 Å². The lowest BCUT2D eigenvalue weighted by molar-refractivity contribution is 0.180. The molecule has 0 aromatic heterocycles. The Morgan fingerprint density at radius 3 is 2.85 bits per heavy atom. The molecule has 0 aliphatic heterocycles. The van der Waals surface area contributed by atoms with E-state index < -0.39 is 0 Å². The molecule has 0 fully saturated rings. The van der Waals surface area contributed by atoms with E-state index in [0.717, 1.165) is 24.1 Å². The first-order chi connectivity index (χ1) is 6.20. The molecule has 1 aliphatic carbocycles. The molecule has 1 aromatic carbocycles. The minimum absolute atomic E-state index is 0.256. The Bertz CT molecular complexity index is 320. The van der Waals surface area contributed by atoms with Crippen molar-refractivity contribution in [3.8, 4) is 0 Å². The lowest BCUT2D eigenvalue weighted by Gasteiger charge is -2.18. The summed E-state index contributed by atoms with van der Waals surface area (Å²) in [7, 11) is 4.03. The summed E-state index contributed by atoms with van der Waals surface area (Å²) < 4.78 is 0. The van der Waals surface area contributed by atoms with E-state index in [1.165, 1.54) is 5.56 Å². The molecule has 2 nitrogen and oxygen atoms in total. The topological polar surface area (TPSA) is 23.5 Å². The average molecular weight is 177 g/mol. The Morgan fingerprint density at radius 1 is 1.38 bits per heavy atom. The number of aryl methyl sites for hydroxylation is 1. The van der Waals surface area contributed by atoms with E-state index in [9.17, 15) is 5.11 Å². The lowest BCUT2D eigenvalue weighted by atomic mass is 10.1. The van der Waals surface area contributed by atoms with E-state index >= 15 is 0 Å². The number of anilines is 1. The van der Waals surface area contributed by atoms with Crippen molar-refractivity contribution in [2.24, 2.45) is 0 Å². The predicted molar refractivity (Wildman–Crippen MR) is 54.0 cm³/mol. The Morgan fingerprint density at radius 2 is 2.15 bits per heavy atom. The van der Waals surface area contributed by atoms with Crippen LogP contribution in [0.2, 0.25) is 0 Å². The number of fused-ring (bicyclic) bond motifs is 1. The first-order valence-corrected chi connectivity index (χ1v) is 4.67. The third-order valence-corrected chi connectivity index (χ3v) is 2.68. The van der Waals surface area contributed by atoms with Crippen molar-refractivity contribution in [3.63, 3.8) is 0 Å². The number of nitrogens with zero attached hydrogens (tertiary/aromatic N) is 1. The van der Waals surface area contributed by atoms with Gasteiger partial charge < -0.3 is 10.0 Å². The molecule has 1 aliphatic rings. The van der Waals surface area contributed by atoms with Crippen molar-refractivity contribution >= 4 is 5.69 Å². The van der Waals surface area contributed by atoms with Gasteiger partial charge in [0.2, 0.25) is 0 Å². The van der Waals surface area contributed by atoms with Crippen LogP contribution >= 0.6 is 0 Å². The van der Waals surface area contributed by atoms with Gasteiger partial charge in [0.25, 0.3) is 0 Å². The maximum atomic E-state index is 9.78. The van der Waals surface area contributed by atoms with Crippen molar-refractivity contribution < 1.29 is 5.11 Å². The standard InChI is InChI=1S/C11H15NO/c1-12(2)9-5-3-4-8-6-7-10(13)11(8)9/h3-5,10,13H,6-7H2,1-2H3. The third kappa shape index (κ3) is 1.31. The van der Waals surface area contributed by atoms with Crippen LogP contribution in [-0.2, 0) is 6.42 Å². The molecule has 1 unspecified atom stereocenters. The quantitative estimate of drug-likeness (QED) is 0.706. The monoisotopic (exact) mass is 177 g/mol. The van der Waals surface area contributed by atoms with Gasteiger partial charge in [-0.2, -0.15) is 0 Å². The van der Waals surface area contributed by atoms with Crippen molar-refractivity contribution in [1.29, 1.82) is 0 Å². The highest BCUT2D eigenvalue weighted by molar-refractivity contribution is 5.58. The Balaban J connectivity index is 2.53. The summed E-state index contributed by atoms with van der Waals surface area (Å²) in [6, 6.07) is 6.23. The summed E-state index contributed by atoms with van der Waals surface area (Å²) in [5.74, 6) is 0. The summed E-state index contributed by atoms with van der Waals surface area (Å²) in [4.78, 5) is 2.06. The summed E-state index contributed by atoms with van der Waals surface area (Å²) in [6.45, 7) is 0. The molecule has 0 heterocycles. The predicted octanol–water partition coefficient (Wildman–Crippen LogP) is 1.73. The van der Waals surface area contributed by atoms with Gasteiger partial charge in [0.05, 0.1) is 6.10 Å². The molecule has 0 amide bonds. The molecular formula is C11H15NO. The van der Waals surface area contributed by atoms with Crippen LogP contribution in [0.25, 0.3) is 0 Å². The summed E-state index contributed by atoms with van der Waals surface area (Å²) in [5, 5.41) is 9.78. The highest BCUT2D eigenvalue weighted by Gasteiger charge is 2.23. The van der Waals surface area contributed by atoms with E-state index in [0.29, 0.717) is 0 Å². The number of aliphatic hydroxyl groups is 1. The van der Waals surface area contributed by atoms with Crippen LogP contribution in [0.5, 0.6) is 0 Å². The summed E-state index contributed by atoms with van der Waals surface area (Å²) in [6.07, 6.45) is 1.63. The van der Waals surface area contributed by atoms with Crippen molar-refractivity contribution in [1.82, 2.24) is 0 Å². The van der Waals surface area contributed by atoms with Crippen molar-refractivity contribution in [2.45, 2.75) is 18.9 Å². The van der Waals surface area contributed by atoms with Crippen LogP contribution in [0, 0.1) is 0 Å². The molecule has 1 N–H and O–H groups in total. The van der Waals surface area contributed by atoms with Crippen molar-refractivity contribution in [2.75, 3.05) is 19.0 Å². The van der Waals surface area contributed by atoms with Gasteiger partial charge in [-0.15, -0.1) is 0 Å². The molecule has 0 saturated carbocycles. The maximum absolute atomic E-state index is 9.78. The Labute approximate surface area is 78.8 Å². The van der Waals surface area contributed by atoms with Crippen LogP contribution in [0.1, 0.15) is 23.7 Å². The zero-order valence-corrected chi connectivity index (χ0v) is 8.12. The van der Waals surface area contributed by atoms with E-state index in [4.69, 9.17) is 0 Å². The molecule has 1 aromatic rings. The van der Waals surface area contributed by atoms with Gasteiger partial charge in [0, 0.05) is 25.3 Å². The molecule has 2 rings (SSSR count). The fourth-order valence-electron chi connectivity index (χ4n) is 2.03. The van der Waals surface area contributed by atoms with Crippen molar-refractivity contribution in [3.05, 3.63) is 29.3 Å². The van der Waals surface area contributed by atoms with E-state index in [1.54, 1.807) is 0 Å². The van der Waals surface area contributed by atoms with E-state index in [-0.39, 0.29) is 6.10 Å². The normalized spacial score (nSPS) is 20.1. The van der Waals surface area contributed by atoms with Crippen LogP contribution < -0.4 is 4.90 Å². The second-order valence-electron chi connectivity index (χ2n) is 3.80. The maximum Gasteiger partial charge on any atom is 0.0816 e. The highest BCUT2D eigenvalue weighted by Crippen LogP contribution is 2.37. The molecule has 0 bridgehead atoms. The lowest BCUT2D eigenvalue weighted by Crippen LogP contribution is -2.12. The third-order valence-electron chi connectivity index (χ3n) is 2.68. The second kappa shape index (κ2) is 3.04.